The van der Waals surface area contributed by atoms with Crippen molar-refractivity contribution in [3.63, 3.8) is 0 Å². The second-order valence-corrected chi connectivity index (χ2v) is 7.12. The average molecular weight is 410 g/mol. The molecular weight excluding hydrogens is 395 g/mol. The minimum absolute atomic E-state index is 0.344. The van der Waals surface area contributed by atoms with Crippen LogP contribution in [-0.4, -0.2) is 34.1 Å². The third-order valence-electron chi connectivity index (χ3n) is 4.55. The van der Waals surface area contributed by atoms with Gasteiger partial charge < -0.3 is 4.98 Å². The van der Waals surface area contributed by atoms with Crippen LogP contribution in [0.15, 0.2) is 47.1 Å². The minimum Gasteiger partial charge on any atom is -0.357 e. The molecule has 1 aliphatic heterocycles. The van der Waals surface area contributed by atoms with E-state index < -0.39 is 18.8 Å². The van der Waals surface area contributed by atoms with Crippen molar-refractivity contribution >= 4 is 26.8 Å². The summed E-state index contributed by atoms with van der Waals surface area (Å²) < 4.78 is 40.1. The number of aromatic amines is 1. The fourth-order valence-electron chi connectivity index (χ4n) is 3.58. The summed E-state index contributed by atoms with van der Waals surface area (Å²) in [5.74, 6) is 0. The van der Waals surface area contributed by atoms with Crippen LogP contribution in [0.3, 0.4) is 0 Å². The van der Waals surface area contributed by atoms with Gasteiger partial charge in [0, 0.05) is 33.8 Å². The highest BCUT2D eigenvalue weighted by Gasteiger charge is 2.39. The Morgan fingerprint density at radius 2 is 2.00 bits per heavy atom. The fraction of sp³-hybridized carbons (Fsp3) is 0.278. The molecule has 1 atom stereocenters. The van der Waals surface area contributed by atoms with E-state index in [4.69, 9.17) is 0 Å². The molecule has 1 unspecified atom stereocenters. The molecule has 1 aromatic carbocycles. The molecule has 0 bridgehead atoms. The molecule has 7 heteroatoms. The Hall–Kier alpha value is -1.86. The Morgan fingerprint density at radius 3 is 2.72 bits per heavy atom. The summed E-state index contributed by atoms with van der Waals surface area (Å²) in [4.78, 5) is 9.16. The summed E-state index contributed by atoms with van der Waals surface area (Å²) in [6, 6.07) is 10.9. The molecule has 0 aliphatic carbocycles. The standard InChI is InChI=1S/C18H15BrF3N3/c19-11-5-6-15(23-9-11)17-16-13(7-8-25(17)10-18(20,21)22)12-3-1-2-4-14(12)24-16/h1-6,9,17,24H,7-8,10H2. The van der Waals surface area contributed by atoms with E-state index >= 15 is 0 Å². The van der Waals surface area contributed by atoms with Crippen molar-refractivity contribution < 1.29 is 13.2 Å². The number of rotatable bonds is 2. The van der Waals surface area contributed by atoms with E-state index in [-0.39, 0.29) is 0 Å². The molecule has 0 amide bonds. The van der Waals surface area contributed by atoms with Gasteiger partial charge in [0.1, 0.15) is 0 Å². The molecule has 25 heavy (non-hydrogen) atoms. The lowest BCUT2D eigenvalue weighted by molar-refractivity contribution is -0.150. The quantitative estimate of drug-likeness (QED) is 0.656. The molecule has 0 saturated carbocycles. The van der Waals surface area contributed by atoms with E-state index in [1.807, 2.05) is 30.3 Å². The number of halogens is 4. The third kappa shape index (κ3) is 3.18. The number of aromatic nitrogens is 2. The molecule has 0 fully saturated rings. The Morgan fingerprint density at radius 1 is 1.20 bits per heavy atom. The van der Waals surface area contributed by atoms with Crippen molar-refractivity contribution in [1.29, 1.82) is 0 Å². The number of hydrogen-bond acceptors (Lipinski definition) is 2. The zero-order valence-corrected chi connectivity index (χ0v) is 14.7. The minimum atomic E-state index is -4.25. The summed E-state index contributed by atoms with van der Waals surface area (Å²) in [5, 5.41) is 1.08. The first-order chi connectivity index (χ1) is 11.9. The Labute approximate surface area is 151 Å². The van der Waals surface area contributed by atoms with Gasteiger partial charge in [-0.25, -0.2) is 0 Å². The number of H-pyrrole nitrogens is 1. The molecule has 3 heterocycles. The molecule has 0 spiro atoms. The molecule has 3 aromatic rings. The Balaban J connectivity index is 1.85. The van der Waals surface area contributed by atoms with Crippen LogP contribution in [0.2, 0.25) is 0 Å². The lowest BCUT2D eigenvalue weighted by Crippen LogP contribution is -2.42. The van der Waals surface area contributed by atoms with Crippen molar-refractivity contribution in [1.82, 2.24) is 14.9 Å². The number of benzene rings is 1. The lowest BCUT2D eigenvalue weighted by Gasteiger charge is -2.35. The maximum Gasteiger partial charge on any atom is 0.401 e. The van der Waals surface area contributed by atoms with Crippen molar-refractivity contribution in [2.45, 2.75) is 18.6 Å². The van der Waals surface area contributed by atoms with Gasteiger partial charge in [0.25, 0.3) is 0 Å². The van der Waals surface area contributed by atoms with E-state index in [0.717, 1.165) is 26.6 Å². The molecule has 0 saturated heterocycles. The van der Waals surface area contributed by atoms with Crippen molar-refractivity contribution in [3.8, 4) is 0 Å². The normalized spacial score (nSPS) is 18.5. The van der Waals surface area contributed by atoms with Crippen molar-refractivity contribution in [2.75, 3.05) is 13.1 Å². The van der Waals surface area contributed by atoms with Crippen molar-refractivity contribution in [2.24, 2.45) is 0 Å². The predicted octanol–water partition coefficient (Wildman–Crippen LogP) is 4.84. The average Bonchev–Trinajstić information content (AvgIpc) is 2.93. The smallest absolute Gasteiger partial charge is 0.357 e. The maximum absolute atomic E-state index is 13.1. The second kappa shape index (κ2) is 6.14. The molecular formula is C18H15BrF3N3. The van der Waals surface area contributed by atoms with Gasteiger partial charge >= 0.3 is 6.18 Å². The van der Waals surface area contributed by atoms with E-state index in [9.17, 15) is 13.2 Å². The summed E-state index contributed by atoms with van der Waals surface area (Å²) in [7, 11) is 0. The van der Waals surface area contributed by atoms with Crippen LogP contribution < -0.4 is 0 Å². The van der Waals surface area contributed by atoms with E-state index in [0.29, 0.717) is 18.7 Å². The van der Waals surface area contributed by atoms with Gasteiger partial charge in [-0.3, -0.25) is 9.88 Å². The van der Waals surface area contributed by atoms with Crippen LogP contribution in [-0.2, 0) is 6.42 Å². The molecule has 4 rings (SSSR count). The SMILES string of the molecule is FC(F)(F)CN1CCc2c([nH]c3ccccc23)C1c1ccc(Br)cn1. The van der Waals surface area contributed by atoms with Gasteiger partial charge in [0.15, 0.2) is 0 Å². The number of pyridine rings is 1. The molecule has 130 valence electrons. The number of fused-ring (bicyclic) bond motifs is 3. The van der Waals surface area contributed by atoms with Gasteiger partial charge in [-0.15, -0.1) is 0 Å². The zero-order valence-electron chi connectivity index (χ0n) is 13.1. The monoisotopic (exact) mass is 409 g/mol. The first-order valence-electron chi connectivity index (χ1n) is 7.94. The fourth-order valence-corrected chi connectivity index (χ4v) is 3.81. The predicted molar refractivity (Wildman–Crippen MR) is 93.4 cm³/mol. The molecule has 1 N–H and O–H groups in total. The first-order valence-corrected chi connectivity index (χ1v) is 8.73. The number of para-hydroxylation sites is 1. The van der Waals surface area contributed by atoms with Crippen molar-refractivity contribution in [3.05, 3.63) is 64.0 Å². The van der Waals surface area contributed by atoms with Gasteiger partial charge in [0.2, 0.25) is 0 Å². The van der Waals surface area contributed by atoms with E-state index in [1.165, 1.54) is 4.90 Å². The highest BCUT2D eigenvalue weighted by Crippen LogP contribution is 2.39. The summed E-state index contributed by atoms with van der Waals surface area (Å²) >= 11 is 3.33. The van der Waals surface area contributed by atoms with Gasteiger partial charge in [0.05, 0.1) is 18.3 Å². The highest BCUT2D eigenvalue weighted by atomic mass is 79.9. The highest BCUT2D eigenvalue weighted by molar-refractivity contribution is 9.10. The maximum atomic E-state index is 13.1. The Bertz CT molecular complexity index is 902. The molecule has 1 aliphatic rings. The Kier molecular flexibility index (Phi) is 4.08. The van der Waals surface area contributed by atoms with Gasteiger partial charge in [-0.2, -0.15) is 13.2 Å². The largest absolute Gasteiger partial charge is 0.401 e. The van der Waals surface area contributed by atoms with Crippen LogP contribution in [0.1, 0.15) is 23.0 Å². The second-order valence-electron chi connectivity index (χ2n) is 6.20. The van der Waals surface area contributed by atoms with Crippen LogP contribution in [0.25, 0.3) is 10.9 Å². The molecule has 0 radical (unpaired) electrons. The summed E-state index contributed by atoms with van der Waals surface area (Å²) in [6.07, 6.45) is -2.04. The first kappa shape index (κ1) is 16.6. The number of hydrogen-bond donors (Lipinski definition) is 1. The van der Waals surface area contributed by atoms with E-state index in [2.05, 4.69) is 25.9 Å². The molecule has 3 nitrogen and oxygen atoms in total. The number of alkyl halides is 3. The van der Waals surface area contributed by atoms with Gasteiger partial charge in [-0.05, 0) is 46.1 Å². The number of nitrogens with zero attached hydrogens (tertiary/aromatic N) is 2. The summed E-state index contributed by atoms with van der Waals surface area (Å²) in [6.45, 7) is -0.610. The third-order valence-corrected chi connectivity index (χ3v) is 5.02. The zero-order chi connectivity index (χ0) is 17.6. The van der Waals surface area contributed by atoms with Crippen LogP contribution in [0, 0.1) is 0 Å². The lowest BCUT2D eigenvalue weighted by atomic mass is 9.95. The topological polar surface area (TPSA) is 31.9 Å². The number of nitrogens with one attached hydrogen (secondary N) is 1. The van der Waals surface area contributed by atoms with Crippen LogP contribution in [0.5, 0.6) is 0 Å². The van der Waals surface area contributed by atoms with Gasteiger partial charge in [-0.1, -0.05) is 18.2 Å². The van der Waals surface area contributed by atoms with E-state index in [1.54, 1.807) is 12.3 Å². The summed E-state index contributed by atoms with van der Waals surface area (Å²) in [5.41, 5.74) is 3.46. The molecule has 2 aromatic heterocycles. The van der Waals surface area contributed by atoms with Crippen LogP contribution in [0.4, 0.5) is 13.2 Å². The van der Waals surface area contributed by atoms with Crippen LogP contribution >= 0.6 is 15.9 Å².